The fourth-order valence-corrected chi connectivity index (χ4v) is 3.04. The highest BCUT2D eigenvalue weighted by molar-refractivity contribution is 9.10. The normalized spacial score (nSPS) is 22.1. The highest BCUT2D eigenvalue weighted by atomic mass is 79.9. The third-order valence-electron chi connectivity index (χ3n) is 3.24. The maximum Gasteiger partial charge on any atom is 0.546 e. The predicted octanol–water partition coefficient (Wildman–Crippen LogP) is 3.89. The average molecular weight is 312 g/mol. The lowest BCUT2D eigenvalue weighted by atomic mass is 10.0. The fraction of sp³-hybridized carbons (Fsp3) is 0.385. The van der Waals surface area contributed by atoms with E-state index in [1.165, 1.54) is 0 Å². The van der Waals surface area contributed by atoms with E-state index in [1.54, 1.807) is 6.21 Å². The van der Waals surface area contributed by atoms with Gasteiger partial charge >= 0.3 is 6.09 Å². The van der Waals surface area contributed by atoms with Gasteiger partial charge in [0.25, 0.3) is 0 Å². The van der Waals surface area contributed by atoms with Crippen LogP contribution in [0.1, 0.15) is 31.9 Å². The number of hydrogen-bond acceptors (Lipinski definition) is 2. The van der Waals surface area contributed by atoms with Crippen molar-refractivity contribution in [3.8, 4) is 0 Å². The SMILES string of the molecule is Cc1cc(Br)cc2c1[N+](C(=O)O)(C(C)(C)C)N=C2. The molecule has 0 aliphatic carbocycles. The molecule has 18 heavy (non-hydrogen) atoms. The van der Waals surface area contributed by atoms with Crippen LogP contribution in [0.5, 0.6) is 0 Å². The van der Waals surface area contributed by atoms with Crippen LogP contribution in [0.2, 0.25) is 0 Å². The van der Waals surface area contributed by atoms with Gasteiger partial charge in [0, 0.05) is 10.0 Å². The molecular formula is C13H16BrN2O2+. The van der Waals surface area contributed by atoms with Crippen LogP contribution >= 0.6 is 15.9 Å². The van der Waals surface area contributed by atoms with Gasteiger partial charge in [-0.3, -0.25) is 0 Å². The lowest BCUT2D eigenvalue weighted by Crippen LogP contribution is -2.60. The smallest absolute Gasteiger partial charge is 0.433 e. The third-order valence-corrected chi connectivity index (χ3v) is 3.69. The number of amides is 1. The van der Waals surface area contributed by atoms with Crippen LogP contribution in [-0.4, -0.2) is 23.0 Å². The molecule has 1 aromatic carbocycles. The highest BCUT2D eigenvalue weighted by Crippen LogP contribution is 2.43. The average Bonchev–Trinajstić information content (AvgIpc) is 2.56. The second-order valence-corrected chi connectivity index (χ2v) is 6.41. The van der Waals surface area contributed by atoms with Gasteiger partial charge < -0.3 is 5.11 Å². The minimum atomic E-state index is -0.956. The first-order valence-electron chi connectivity index (χ1n) is 5.69. The molecule has 1 aromatic rings. The third kappa shape index (κ3) is 1.61. The van der Waals surface area contributed by atoms with E-state index in [0.717, 1.165) is 21.3 Å². The molecule has 2 rings (SSSR count). The Morgan fingerprint density at radius 3 is 2.50 bits per heavy atom. The lowest BCUT2D eigenvalue weighted by Gasteiger charge is -2.36. The number of quaternary nitrogens is 1. The number of hydrogen-bond donors (Lipinski definition) is 1. The van der Waals surface area contributed by atoms with Gasteiger partial charge in [-0.05, 0) is 39.8 Å². The fourth-order valence-electron chi connectivity index (χ4n) is 2.45. The molecule has 0 aromatic heterocycles. The first-order chi connectivity index (χ1) is 8.20. The van der Waals surface area contributed by atoms with Gasteiger partial charge in [-0.25, -0.2) is 0 Å². The molecule has 0 bridgehead atoms. The number of rotatable bonds is 0. The molecule has 1 amide bonds. The van der Waals surface area contributed by atoms with Crippen molar-refractivity contribution in [2.45, 2.75) is 33.2 Å². The van der Waals surface area contributed by atoms with E-state index in [4.69, 9.17) is 0 Å². The second kappa shape index (κ2) is 3.90. The Labute approximate surface area is 115 Å². The number of benzene rings is 1. The van der Waals surface area contributed by atoms with E-state index in [0.29, 0.717) is 0 Å². The molecule has 1 N–H and O–H groups in total. The summed E-state index contributed by atoms with van der Waals surface area (Å²) in [5.74, 6) is 0. The Hall–Kier alpha value is -1.20. The van der Waals surface area contributed by atoms with E-state index in [1.807, 2.05) is 39.8 Å². The van der Waals surface area contributed by atoms with E-state index in [9.17, 15) is 9.90 Å². The summed E-state index contributed by atoms with van der Waals surface area (Å²) in [6, 6.07) is 3.83. The van der Waals surface area contributed by atoms with Crippen LogP contribution in [0, 0.1) is 6.92 Å². The number of carbonyl (C=O) groups is 1. The molecule has 1 atom stereocenters. The number of fused-ring (bicyclic) bond motifs is 1. The van der Waals surface area contributed by atoms with Crippen molar-refractivity contribution in [1.29, 1.82) is 0 Å². The van der Waals surface area contributed by atoms with Crippen LogP contribution in [0.3, 0.4) is 0 Å². The van der Waals surface area contributed by atoms with Crippen molar-refractivity contribution < 1.29 is 9.90 Å². The summed E-state index contributed by atoms with van der Waals surface area (Å²) in [5, 5.41) is 14.0. The Balaban J connectivity index is 2.80. The van der Waals surface area contributed by atoms with Crippen molar-refractivity contribution in [1.82, 2.24) is 4.59 Å². The zero-order valence-corrected chi connectivity index (χ0v) is 12.4. The molecule has 0 saturated heterocycles. The zero-order valence-electron chi connectivity index (χ0n) is 10.9. The van der Waals surface area contributed by atoms with Gasteiger partial charge in [-0.15, -0.1) is 0 Å². The maximum absolute atomic E-state index is 11.8. The predicted molar refractivity (Wildman–Crippen MR) is 76.0 cm³/mol. The first-order valence-corrected chi connectivity index (χ1v) is 6.48. The summed E-state index contributed by atoms with van der Waals surface area (Å²) in [6.07, 6.45) is 0.690. The van der Waals surface area contributed by atoms with E-state index in [2.05, 4.69) is 21.0 Å². The number of carboxylic acid groups (broad SMARTS) is 1. The summed E-state index contributed by atoms with van der Waals surface area (Å²) in [7, 11) is 0. The number of aryl methyl sites for hydroxylation is 1. The van der Waals surface area contributed by atoms with Gasteiger partial charge in [0.05, 0.1) is 11.8 Å². The minimum Gasteiger partial charge on any atom is -0.433 e. The van der Waals surface area contributed by atoms with E-state index >= 15 is 0 Å². The quantitative estimate of drug-likeness (QED) is 0.739. The van der Waals surface area contributed by atoms with E-state index in [-0.39, 0.29) is 0 Å². The zero-order chi connectivity index (χ0) is 13.7. The number of nitrogens with zero attached hydrogens (tertiary/aromatic N) is 2. The van der Waals surface area contributed by atoms with Crippen molar-refractivity contribution in [3.63, 3.8) is 0 Å². The minimum absolute atomic E-state index is 0.401. The van der Waals surface area contributed by atoms with Crippen LogP contribution in [0.15, 0.2) is 21.7 Å². The van der Waals surface area contributed by atoms with Gasteiger partial charge in [0.15, 0.2) is 5.69 Å². The topological polar surface area (TPSA) is 49.7 Å². The van der Waals surface area contributed by atoms with Gasteiger partial charge in [0.1, 0.15) is 5.54 Å². The molecule has 1 aliphatic heterocycles. The molecule has 0 fully saturated rings. The molecule has 1 unspecified atom stereocenters. The molecule has 5 heteroatoms. The molecule has 4 nitrogen and oxygen atoms in total. The Bertz CT molecular complexity index is 561. The molecule has 1 heterocycles. The molecule has 0 saturated carbocycles. The number of halogens is 1. The van der Waals surface area contributed by atoms with Gasteiger partial charge in [0.2, 0.25) is 0 Å². The molecule has 0 spiro atoms. The summed E-state index contributed by atoms with van der Waals surface area (Å²) in [6.45, 7) is 7.57. The molecule has 0 radical (unpaired) electrons. The summed E-state index contributed by atoms with van der Waals surface area (Å²) in [4.78, 5) is 11.8. The van der Waals surface area contributed by atoms with E-state index < -0.39 is 16.2 Å². The van der Waals surface area contributed by atoms with Crippen LogP contribution in [-0.2, 0) is 0 Å². The van der Waals surface area contributed by atoms with Crippen LogP contribution < -0.4 is 4.59 Å². The van der Waals surface area contributed by atoms with Crippen LogP contribution in [0.25, 0.3) is 0 Å². The Morgan fingerprint density at radius 2 is 2.00 bits per heavy atom. The van der Waals surface area contributed by atoms with Crippen LogP contribution in [0.4, 0.5) is 10.5 Å². The highest BCUT2D eigenvalue weighted by Gasteiger charge is 2.55. The monoisotopic (exact) mass is 311 g/mol. The first kappa shape index (κ1) is 13.2. The Morgan fingerprint density at radius 1 is 1.39 bits per heavy atom. The summed E-state index contributed by atoms with van der Waals surface area (Å²) in [5.41, 5.74) is 1.98. The maximum atomic E-state index is 11.8. The largest absolute Gasteiger partial charge is 0.546 e. The van der Waals surface area contributed by atoms with Crippen molar-refractivity contribution in [2.24, 2.45) is 5.10 Å². The standard InChI is InChI=1S/C13H15BrN2O2/c1-8-5-10(14)6-9-7-15-16(11(8)9,12(17)18)13(2,3)4/h5-7H,1-4H3/p+1. The van der Waals surface area contributed by atoms with Crippen molar-refractivity contribution >= 4 is 33.9 Å². The van der Waals surface area contributed by atoms with Crippen molar-refractivity contribution in [3.05, 3.63) is 27.7 Å². The van der Waals surface area contributed by atoms with Crippen molar-refractivity contribution in [2.75, 3.05) is 0 Å². The second-order valence-electron chi connectivity index (χ2n) is 5.49. The summed E-state index contributed by atoms with van der Waals surface area (Å²) >= 11 is 3.42. The van der Waals surface area contributed by atoms with Gasteiger partial charge in [-0.2, -0.15) is 4.79 Å². The lowest BCUT2D eigenvalue weighted by molar-refractivity contribution is 0.107. The van der Waals surface area contributed by atoms with Gasteiger partial charge in [-0.1, -0.05) is 25.6 Å². The summed E-state index contributed by atoms with van der Waals surface area (Å²) < 4.78 is 0.533. The molecule has 96 valence electrons. The Kier molecular flexibility index (Phi) is 2.87. The molecule has 1 aliphatic rings. The molecular weight excluding hydrogens is 296 g/mol.